The highest BCUT2D eigenvalue weighted by Crippen LogP contribution is 2.25. The minimum atomic E-state index is -0.468. The predicted molar refractivity (Wildman–Crippen MR) is 63.7 cm³/mol. The van der Waals surface area contributed by atoms with Gasteiger partial charge in [-0.25, -0.2) is 9.37 Å². The molecule has 1 saturated heterocycles. The number of nitrogens with zero attached hydrogens (tertiary/aromatic N) is 1. The van der Waals surface area contributed by atoms with Crippen LogP contribution in [0.25, 0.3) is 11.1 Å². The van der Waals surface area contributed by atoms with Crippen molar-refractivity contribution in [1.29, 1.82) is 0 Å². The predicted octanol–water partition coefficient (Wildman–Crippen LogP) is 2.77. The van der Waals surface area contributed by atoms with Crippen molar-refractivity contribution in [1.82, 2.24) is 10.3 Å². The van der Waals surface area contributed by atoms with Crippen LogP contribution in [0, 0.1) is 11.7 Å². The maximum Gasteiger partial charge on any atom is 0.195 e. The molecule has 0 radical (unpaired) electrons. The Hall–Kier alpha value is -1.13. The topological polar surface area (TPSA) is 38.1 Å². The van der Waals surface area contributed by atoms with E-state index >= 15 is 0 Å². The van der Waals surface area contributed by atoms with Crippen molar-refractivity contribution >= 4 is 22.7 Å². The third-order valence-electron chi connectivity index (χ3n) is 3.10. The first-order chi connectivity index (χ1) is 8.22. The van der Waals surface area contributed by atoms with Crippen LogP contribution in [0.4, 0.5) is 4.39 Å². The first kappa shape index (κ1) is 11.0. The highest BCUT2D eigenvalue weighted by Gasteiger charge is 2.18. The molecular formula is C12H12ClFN2O. The van der Waals surface area contributed by atoms with E-state index in [0.29, 0.717) is 22.9 Å². The number of hydrogen-bond acceptors (Lipinski definition) is 3. The zero-order valence-corrected chi connectivity index (χ0v) is 9.93. The second kappa shape index (κ2) is 4.27. The molecule has 1 atom stereocenters. The Bertz CT molecular complexity index is 510. The summed E-state index contributed by atoms with van der Waals surface area (Å²) >= 11 is 5.70. The number of aromatic nitrogens is 1. The summed E-state index contributed by atoms with van der Waals surface area (Å²) in [4.78, 5) is 4.33. The van der Waals surface area contributed by atoms with Gasteiger partial charge in [0.15, 0.2) is 11.5 Å². The second-order valence-electron chi connectivity index (χ2n) is 4.40. The fourth-order valence-corrected chi connectivity index (χ4v) is 2.35. The summed E-state index contributed by atoms with van der Waals surface area (Å²) in [6.45, 7) is 2.04. The SMILES string of the molecule is Fc1cc2oc(CC3CCNC3)nc2cc1Cl. The van der Waals surface area contributed by atoms with Crippen molar-refractivity contribution in [2.24, 2.45) is 5.92 Å². The first-order valence-corrected chi connectivity index (χ1v) is 6.05. The monoisotopic (exact) mass is 254 g/mol. The van der Waals surface area contributed by atoms with E-state index in [2.05, 4.69) is 10.3 Å². The molecule has 0 saturated carbocycles. The van der Waals surface area contributed by atoms with Crippen molar-refractivity contribution in [2.45, 2.75) is 12.8 Å². The van der Waals surface area contributed by atoms with Gasteiger partial charge in [0.2, 0.25) is 0 Å². The lowest BCUT2D eigenvalue weighted by Gasteiger charge is -2.02. The fraction of sp³-hybridized carbons (Fsp3) is 0.417. The lowest BCUT2D eigenvalue weighted by atomic mass is 10.1. The van der Waals surface area contributed by atoms with E-state index in [-0.39, 0.29) is 5.02 Å². The number of benzene rings is 1. The van der Waals surface area contributed by atoms with Crippen LogP contribution in [-0.2, 0) is 6.42 Å². The number of oxazole rings is 1. The van der Waals surface area contributed by atoms with Gasteiger partial charge in [-0.2, -0.15) is 0 Å². The molecule has 3 rings (SSSR count). The van der Waals surface area contributed by atoms with Crippen molar-refractivity contribution in [3.63, 3.8) is 0 Å². The van der Waals surface area contributed by atoms with E-state index < -0.39 is 5.82 Å². The van der Waals surface area contributed by atoms with Crippen molar-refractivity contribution in [2.75, 3.05) is 13.1 Å². The molecule has 1 fully saturated rings. The van der Waals surface area contributed by atoms with E-state index in [1.807, 2.05) is 0 Å². The molecule has 1 aliphatic rings. The summed E-state index contributed by atoms with van der Waals surface area (Å²) in [5.74, 6) is 0.753. The Kier molecular flexibility index (Phi) is 2.76. The number of halogens is 2. The van der Waals surface area contributed by atoms with Gasteiger partial charge in [-0.1, -0.05) is 11.6 Å². The van der Waals surface area contributed by atoms with Crippen molar-refractivity contribution < 1.29 is 8.81 Å². The second-order valence-corrected chi connectivity index (χ2v) is 4.81. The third kappa shape index (κ3) is 2.15. The summed E-state index contributed by atoms with van der Waals surface area (Å²) in [7, 11) is 0. The van der Waals surface area contributed by atoms with Crippen LogP contribution < -0.4 is 5.32 Å². The summed E-state index contributed by atoms with van der Waals surface area (Å²) < 4.78 is 18.8. The van der Waals surface area contributed by atoms with Gasteiger partial charge in [0.25, 0.3) is 0 Å². The van der Waals surface area contributed by atoms with Gasteiger partial charge in [-0.15, -0.1) is 0 Å². The molecule has 0 aliphatic carbocycles. The van der Waals surface area contributed by atoms with Crippen LogP contribution >= 0.6 is 11.6 Å². The highest BCUT2D eigenvalue weighted by molar-refractivity contribution is 6.31. The Morgan fingerprint density at radius 2 is 2.41 bits per heavy atom. The standard InChI is InChI=1S/C12H12ClFN2O/c13-8-4-10-11(5-9(8)14)17-12(16-10)3-7-1-2-15-6-7/h4-5,7,15H,1-3,6H2. The fourth-order valence-electron chi connectivity index (χ4n) is 2.19. The molecule has 1 aromatic carbocycles. The molecule has 1 aliphatic heterocycles. The Balaban J connectivity index is 1.90. The largest absolute Gasteiger partial charge is 0.441 e. The molecule has 0 amide bonds. The maximum absolute atomic E-state index is 13.2. The molecule has 5 heteroatoms. The van der Waals surface area contributed by atoms with E-state index in [9.17, 15) is 4.39 Å². The van der Waals surface area contributed by atoms with Gasteiger partial charge < -0.3 is 9.73 Å². The van der Waals surface area contributed by atoms with Crippen LogP contribution in [0.2, 0.25) is 5.02 Å². The summed E-state index contributed by atoms with van der Waals surface area (Å²) in [5.41, 5.74) is 1.09. The minimum Gasteiger partial charge on any atom is -0.441 e. The number of rotatable bonds is 2. The Labute approximate surface area is 103 Å². The van der Waals surface area contributed by atoms with Gasteiger partial charge in [0.05, 0.1) is 5.02 Å². The molecule has 0 spiro atoms. The average molecular weight is 255 g/mol. The van der Waals surface area contributed by atoms with Crippen molar-refractivity contribution in [3.8, 4) is 0 Å². The lowest BCUT2D eigenvalue weighted by molar-refractivity contribution is 0.462. The van der Waals surface area contributed by atoms with Gasteiger partial charge in [-0.05, 0) is 31.5 Å². The summed E-state index contributed by atoms with van der Waals surface area (Å²) in [6, 6.07) is 2.80. The van der Waals surface area contributed by atoms with E-state index in [1.165, 1.54) is 12.1 Å². The number of nitrogens with one attached hydrogen (secondary N) is 1. The normalized spacial score (nSPS) is 20.2. The molecular weight excluding hydrogens is 243 g/mol. The molecule has 1 N–H and O–H groups in total. The smallest absolute Gasteiger partial charge is 0.195 e. The van der Waals surface area contributed by atoms with Crippen LogP contribution in [0.5, 0.6) is 0 Å². The quantitative estimate of drug-likeness (QED) is 0.896. The van der Waals surface area contributed by atoms with Gasteiger partial charge in [0.1, 0.15) is 11.3 Å². The third-order valence-corrected chi connectivity index (χ3v) is 3.39. The van der Waals surface area contributed by atoms with Gasteiger partial charge in [0, 0.05) is 12.5 Å². The van der Waals surface area contributed by atoms with Gasteiger partial charge >= 0.3 is 0 Å². The number of fused-ring (bicyclic) bond motifs is 1. The molecule has 17 heavy (non-hydrogen) atoms. The molecule has 90 valence electrons. The first-order valence-electron chi connectivity index (χ1n) is 5.67. The maximum atomic E-state index is 13.2. The van der Waals surface area contributed by atoms with Crippen LogP contribution in [-0.4, -0.2) is 18.1 Å². The average Bonchev–Trinajstić information content (AvgIpc) is 2.89. The zero-order chi connectivity index (χ0) is 11.8. The molecule has 0 bridgehead atoms. The van der Waals surface area contributed by atoms with Gasteiger partial charge in [-0.3, -0.25) is 0 Å². The van der Waals surface area contributed by atoms with E-state index in [0.717, 1.165) is 25.9 Å². The van der Waals surface area contributed by atoms with Crippen molar-refractivity contribution in [3.05, 3.63) is 28.9 Å². The van der Waals surface area contributed by atoms with Crippen LogP contribution in [0.1, 0.15) is 12.3 Å². The summed E-state index contributed by atoms with van der Waals surface area (Å²) in [6.07, 6.45) is 1.93. The van der Waals surface area contributed by atoms with Crippen LogP contribution in [0.15, 0.2) is 16.5 Å². The molecule has 2 heterocycles. The van der Waals surface area contributed by atoms with Crippen LogP contribution in [0.3, 0.4) is 0 Å². The zero-order valence-electron chi connectivity index (χ0n) is 9.17. The highest BCUT2D eigenvalue weighted by atomic mass is 35.5. The minimum absolute atomic E-state index is 0.0832. The summed E-state index contributed by atoms with van der Waals surface area (Å²) in [5, 5.41) is 3.38. The number of hydrogen-bond donors (Lipinski definition) is 1. The van der Waals surface area contributed by atoms with E-state index in [1.54, 1.807) is 0 Å². The Morgan fingerprint density at radius 3 is 3.18 bits per heavy atom. The molecule has 1 aromatic heterocycles. The van der Waals surface area contributed by atoms with E-state index in [4.69, 9.17) is 16.0 Å². The molecule has 1 unspecified atom stereocenters. The lowest BCUT2D eigenvalue weighted by Crippen LogP contribution is -2.10. The molecule has 3 nitrogen and oxygen atoms in total. The Morgan fingerprint density at radius 1 is 1.53 bits per heavy atom. The molecule has 2 aromatic rings.